The summed E-state index contributed by atoms with van der Waals surface area (Å²) in [5.74, 6) is 0.860. The van der Waals surface area contributed by atoms with E-state index in [0.29, 0.717) is 11.4 Å². The number of anilines is 1. The number of rotatable bonds is 7. The van der Waals surface area contributed by atoms with E-state index in [4.69, 9.17) is 4.42 Å². The summed E-state index contributed by atoms with van der Waals surface area (Å²) in [6.45, 7) is 9.29. The maximum absolute atomic E-state index is 13.8. The van der Waals surface area contributed by atoms with Gasteiger partial charge in [0.1, 0.15) is 18.3 Å². The molecule has 182 valence electrons. The molecule has 3 heterocycles. The van der Waals surface area contributed by atoms with Gasteiger partial charge in [-0.15, -0.1) is 21.5 Å². The second kappa shape index (κ2) is 9.83. The van der Waals surface area contributed by atoms with Crippen LogP contribution >= 0.6 is 11.3 Å². The van der Waals surface area contributed by atoms with Crippen LogP contribution in [0.2, 0.25) is 0 Å². The van der Waals surface area contributed by atoms with E-state index in [1.807, 2.05) is 76.4 Å². The average molecular weight is 493 g/mol. The molecule has 0 saturated carbocycles. The molecule has 3 aromatic heterocycles. The number of hydrogen-bond acceptors (Lipinski definition) is 7. The van der Waals surface area contributed by atoms with Crippen molar-refractivity contribution >= 4 is 28.8 Å². The highest BCUT2D eigenvalue weighted by molar-refractivity contribution is 7.10. The molecule has 4 rings (SSSR count). The molecule has 4 aromatic rings. The summed E-state index contributed by atoms with van der Waals surface area (Å²) in [6, 6.07) is 13.9. The lowest BCUT2D eigenvalue weighted by Gasteiger charge is -2.33. The molecule has 1 atom stereocenters. The normalized spacial score (nSPS) is 12.4. The molecule has 0 bridgehead atoms. The summed E-state index contributed by atoms with van der Waals surface area (Å²) in [5.41, 5.74) is 1.10. The topological polar surface area (TPSA) is 106 Å². The van der Waals surface area contributed by atoms with E-state index in [0.717, 1.165) is 16.2 Å². The Balaban J connectivity index is 1.71. The average Bonchev–Trinajstić information content (AvgIpc) is 3.52. The Hall–Kier alpha value is -3.79. The fourth-order valence-corrected chi connectivity index (χ4v) is 4.45. The molecular weight excluding hydrogens is 464 g/mol. The van der Waals surface area contributed by atoms with Gasteiger partial charge >= 0.3 is 0 Å². The SMILES string of the molecule is Cc1cccc(N(C(=O)Cn2nnc(-c3ccc(C)o3)n2)[C@H](C(=O)NC(C)(C)C)c2cccs2)c1. The maximum Gasteiger partial charge on any atom is 0.251 e. The standard InChI is InChI=1S/C25H28N6O3S/c1-16-8-6-9-18(14-16)31(22(20-10-7-13-35-20)24(33)26-25(3,4)5)21(32)15-30-28-23(27-29-30)19-12-11-17(2)34-19/h6-14,22H,15H2,1-5H3,(H,26,33)/t22-/m0/s1. The van der Waals surface area contributed by atoms with Crippen molar-refractivity contribution in [1.29, 1.82) is 0 Å². The predicted octanol–water partition coefficient (Wildman–Crippen LogP) is 4.30. The smallest absolute Gasteiger partial charge is 0.251 e. The minimum atomic E-state index is -0.862. The molecule has 0 aliphatic carbocycles. The third kappa shape index (κ3) is 5.83. The Kier molecular flexibility index (Phi) is 6.83. The van der Waals surface area contributed by atoms with Gasteiger partial charge in [-0.1, -0.05) is 18.2 Å². The number of carbonyl (C=O) groups is 2. The molecular formula is C25H28N6O3S. The van der Waals surface area contributed by atoms with Gasteiger partial charge in [0.25, 0.3) is 5.91 Å². The lowest BCUT2D eigenvalue weighted by Crippen LogP contribution is -2.50. The number of aryl methyl sites for hydroxylation is 2. The molecule has 2 amide bonds. The molecule has 35 heavy (non-hydrogen) atoms. The van der Waals surface area contributed by atoms with Gasteiger partial charge < -0.3 is 9.73 Å². The molecule has 0 aliphatic heterocycles. The van der Waals surface area contributed by atoms with Crippen LogP contribution in [0.15, 0.2) is 58.3 Å². The Morgan fingerprint density at radius 1 is 1.14 bits per heavy atom. The summed E-state index contributed by atoms with van der Waals surface area (Å²) in [7, 11) is 0. The highest BCUT2D eigenvalue weighted by atomic mass is 32.1. The van der Waals surface area contributed by atoms with E-state index < -0.39 is 11.6 Å². The van der Waals surface area contributed by atoms with Crippen molar-refractivity contribution in [3.63, 3.8) is 0 Å². The Morgan fingerprint density at radius 3 is 2.57 bits per heavy atom. The predicted molar refractivity (Wildman–Crippen MR) is 134 cm³/mol. The van der Waals surface area contributed by atoms with Gasteiger partial charge in [0, 0.05) is 16.1 Å². The van der Waals surface area contributed by atoms with Gasteiger partial charge in [-0.2, -0.15) is 4.80 Å². The zero-order valence-corrected chi connectivity index (χ0v) is 21.2. The summed E-state index contributed by atoms with van der Waals surface area (Å²) in [5, 5.41) is 17.3. The van der Waals surface area contributed by atoms with E-state index in [1.165, 1.54) is 21.0 Å². The van der Waals surface area contributed by atoms with E-state index in [9.17, 15) is 9.59 Å². The number of thiophene rings is 1. The van der Waals surface area contributed by atoms with Crippen LogP contribution < -0.4 is 10.2 Å². The molecule has 10 heteroatoms. The number of benzene rings is 1. The first kappa shape index (κ1) is 24.3. The van der Waals surface area contributed by atoms with Gasteiger partial charge in [-0.3, -0.25) is 14.5 Å². The monoisotopic (exact) mass is 492 g/mol. The molecule has 0 unspecified atom stereocenters. The number of aromatic nitrogens is 4. The minimum Gasteiger partial charge on any atom is -0.458 e. The van der Waals surface area contributed by atoms with Crippen LogP contribution in [0.4, 0.5) is 5.69 Å². The molecule has 9 nitrogen and oxygen atoms in total. The van der Waals surface area contributed by atoms with Gasteiger partial charge in [0.05, 0.1) is 0 Å². The van der Waals surface area contributed by atoms with Gasteiger partial charge in [0.15, 0.2) is 5.76 Å². The first-order valence-electron chi connectivity index (χ1n) is 11.2. The third-order valence-electron chi connectivity index (χ3n) is 5.06. The molecule has 0 saturated heterocycles. The number of hydrogen-bond donors (Lipinski definition) is 1. The highest BCUT2D eigenvalue weighted by Crippen LogP contribution is 2.32. The van der Waals surface area contributed by atoms with Gasteiger partial charge in [0.2, 0.25) is 11.7 Å². The van der Waals surface area contributed by atoms with Crippen LogP contribution in [0.3, 0.4) is 0 Å². The van der Waals surface area contributed by atoms with Crippen LogP contribution in [0, 0.1) is 13.8 Å². The zero-order chi connectivity index (χ0) is 25.2. The lowest BCUT2D eigenvalue weighted by molar-refractivity contribution is -0.128. The van der Waals surface area contributed by atoms with Crippen molar-refractivity contribution in [3.8, 4) is 11.6 Å². The van der Waals surface area contributed by atoms with Crippen LogP contribution in [-0.4, -0.2) is 37.6 Å². The fraction of sp³-hybridized carbons (Fsp3) is 0.320. The van der Waals surface area contributed by atoms with Crippen molar-refractivity contribution < 1.29 is 14.0 Å². The van der Waals surface area contributed by atoms with Crippen molar-refractivity contribution in [2.24, 2.45) is 0 Å². The lowest BCUT2D eigenvalue weighted by atomic mass is 10.1. The van der Waals surface area contributed by atoms with Crippen molar-refractivity contribution in [1.82, 2.24) is 25.5 Å². The van der Waals surface area contributed by atoms with Crippen molar-refractivity contribution in [2.45, 2.75) is 52.7 Å². The first-order chi connectivity index (χ1) is 16.6. The number of tetrazole rings is 1. The third-order valence-corrected chi connectivity index (χ3v) is 5.98. The highest BCUT2D eigenvalue weighted by Gasteiger charge is 2.35. The largest absolute Gasteiger partial charge is 0.458 e. The Bertz CT molecular complexity index is 1320. The van der Waals surface area contributed by atoms with Crippen LogP contribution in [0.1, 0.15) is 43.0 Å². The van der Waals surface area contributed by atoms with E-state index in [2.05, 4.69) is 20.7 Å². The van der Waals surface area contributed by atoms with Crippen LogP contribution in [0.5, 0.6) is 0 Å². The number of amides is 2. The summed E-state index contributed by atoms with van der Waals surface area (Å²) in [4.78, 5) is 30.8. The summed E-state index contributed by atoms with van der Waals surface area (Å²) in [6.07, 6.45) is 0. The molecule has 0 fully saturated rings. The molecule has 1 N–H and O–H groups in total. The summed E-state index contributed by atoms with van der Waals surface area (Å²) < 4.78 is 5.56. The molecule has 0 aliphatic rings. The van der Waals surface area contributed by atoms with Crippen molar-refractivity contribution in [3.05, 3.63) is 70.1 Å². The van der Waals surface area contributed by atoms with Gasteiger partial charge in [-0.05, 0) is 81.1 Å². The van der Waals surface area contributed by atoms with Gasteiger partial charge in [-0.25, -0.2) is 0 Å². The van der Waals surface area contributed by atoms with E-state index in [-0.39, 0.29) is 24.2 Å². The first-order valence-corrected chi connectivity index (χ1v) is 12.1. The zero-order valence-electron chi connectivity index (χ0n) is 20.3. The fourth-order valence-electron chi connectivity index (χ4n) is 3.63. The Labute approximate surface area is 207 Å². The number of nitrogens with one attached hydrogen (secondary N) is 1. The second-order valence-electron chi connectivity index (χ2n) is 9.31. The summed E-state index contributed by atoms with van der Waals surface area (Å²) >= 11 is 1.42. The number of carbonyl (C=O) groups excluding carboxylic acids is 2. The van der Waals surface area contributed by atoms with Crippen LogP contribution in [0.25, 0.3) is 11.6 Å². The molecule has 0 spiro atoms. The second-order valence-corrected chi connectivity index (χ2v) is 10.3. The number of nitrogens with zero attached hydrogens (tertiary/aromatic N) is 5. The van der Waals surface area contributed by atoms with E-state index in [1.54, 1.807) is 12.1 Å². The van der Waals surface area contributed by atoms with E-state index >= 15 is 0 Å². The minimum absolute atomic E-state index is 0.203. The van der Waals surface area contributed by atoms with Crippen LogP contribution in [-0.2, 0) is 16.1 Å². The maximum atomic E-state index is 13.8. The quantitative estimate of drug-likeness (QED) is 0.412. The molecule has 1 aromatic carbocycles. The Morgan fingerprint density at radius 2 is 1.94 bits per heavy atom. The number of furan rings is 1. The molecule has 0 radical (unpaired) electrons. The van der Waals surface area contributed by atoms with Crippen molar-refractivity contribution in [2.75, 3.05) is 4.90 Å².